The third-order valence-corrected chi connectivity index (χ3v) is 8.70. The number of nitrogens with one attached hydrogen (secondary N) is 1. The number of sulfonamides is 1. The lowest BCUT2D eigenvalue weighted by Crippen LogP contribution is -2.51. The molecule has 2 N–H and O–H groups in total. The number of hydrogen-bond donors (Lipinski definition) is 2. The number of hydrogen-bond acceptors (Lipinski definition) is 7. The van der Waals surface area contributed by atoms with Gasteiger partial charge in [0.25, 0.3) is 5.91 Å². The zero-order valence-corrected chi connectivity index (χ0v) is 20.6. The number of furan rings is 1. The number of amides is 1. The Bertz CT molecular complexity index is 1300. The molecule has 36 heavy (non-hydrogen) atoms. The maximum Gasteiger partial charge on any atom is 0.262 e. The van der Waals surface area contributed by atoms with E-state index >= 15 is 0 Å². The van der Waals surface area contributed by atoms with Crippen molar-refractivity contribution in [1.29, 1.82) is 0 Å². The van der Waals surface area contributed by atoms with E-state index in [4.69, 9.17) is 14.4 Å². The minimum atomic E-state index is -4.03. The number of fused-ring (bicyclic) bond motifs is 1. The Hall–Kier alpha value is -3.18. The average molecular weight is 512 g/mol. The second-order valence-corrected chi connectivity index (χ2v) is 11.0. The maximum atomic E-state index is 13.4. The van der Waals surface area contributed by atoms with Crippen LogP contribution in [0.2, 0.25) is 0 Å². The van der Waals surface area contributed by atoms with Gasteiger partial charge in [0.15, 0.2) is 0 Å². The highest BCUT2D eigenvalue weighted by molar-refractivity contribution is 7.89. The predicted octanol–water partition coefficient (Wildman–Crippen LogP) is 3.04. The normalized spacial score (nSPS) is 18.6. The second kappa shape index (κ2) is 10.4. The highest BCUT2D eigenvalue weighted by atomic mass is 32.2. The summed E-state index contributed by atoms with van der Waals surface area (Å²) in [4.78, 5) is 14.7. The Kier molecular flexibility index (Phi) is 7.10. The molecular formula is C26H29N3O6S. The van der Waals surface area contributed by atoms with Gasteiger partial charge in [-0.05, 0) is 73.0 Å². The van der Waals surface area contributed by atoms with Crippen LogP contribution in [0, 0.1) is 0 Å². The van der Waals surface area contributed by atoms with Crippen LogP contribution in [0.1, 0.15) is 24.2 Å². The van der Waals surface area contributed by atoms with Gasteiger partial charge in [-0.1, -0.05) is 24.3 Å². The van der Waals surface area contributed by atoms with Crippen molar-refractivity contribution in [2.24, 2.45) is 0 Å². The molecule has 3 aromatic rings. The minimum absolute atomic E-state index is 0.0545. The molecule has 1 amide bonds. The zero-order chi connectivity index (χ0) is 25.1. The number of carbonyl (C=O) groups is 1. The van der Waals surface area contributed by atoms with Crippen molar-refractivity contribution in [2.75, 3.05) is 26.2 Å². The molecule has 0 aliphatic carbocycles. The summed E-state index contributed by atoms with van der Waals surface area (Å²) in [7, 11) is -4.03. The van der Waals surface area contributed by atoms with E-state index in [1.807, 2.05) is 24.3 Å². The number of nitrogens with zero attached hydrogens (tertiary/aromatic N) is 2. The monoisotopic (exact) mass is 511 g/mol. The fourth-order valence-corrected chi connectivity index (χ4v) is 6.34. The summed E-state index contributed by atoms with van der Waals surface area (Å²) >= 11 is 0. The van der Waals surface area contributed by atoms with Gasteiger partial charge in [0.1, 0.15) is 24.2 Å². The van der Waals surface area contributed by atoms with Crippen molar-refractivity contribution in [3.05, 3.63) is 72.2 Å². The molecule has 2 aliphatic rings. The smallest absolute Gasteiger partial charge is 0.262 e. The van der Waals surface area contributed by atoms with Crippen molar-refractivity contribution in [2.45, 2.75) is 36.7 Å². The first-order chi connectivity index (χ1) is 17.5. The van der Waals surface area contributed by atoms with E-state index in [2.05, 4.69) is 4.90 Å². The second-order valence-electron chi connectivity index (χ2n) is 9.06. The molecule has 0 spiro atoms. The Balaban J connectivity index is 1.28. The molecule has 5 rings (SSSR count). The topological polar surface area (TPSA) is 112 Å². The molecule has 190 valence electrons. The van der Waals surface area contributed by atoms with E-state index in [9.17, 15) is 13.2 Å². The summed E-state index contributed by atoms with van der Waals surface area (Å²) in [6, 6.07) is 14.9. The minimum Gasteiger partial charge on any atom is -0.492 e. The Morgan fingerprint density at radius 3 is 2.36 bits per heavy atom. The molecule has 9 nitrogen and oxygen atoms in total. The molecule has 2 aliphatic heterocycles. The van der Waals surface area contributed by atoms with Crippen LogP contribution in [0.3, 0.4) is 0 Å². The number of carbonyl (C=O) groups excluding carboxylic acids is 1. The molecule has 2 aromatic carbocycles. The number of rotatable bonds is 8. The van der Waals surface area contributed by atoms with E-state index < -0.39 is 22.0 Å². The van der Waals surface area contributed by atoms with Crippen LogP contribution < -0.4 is 10.2 Å². The van der Waals surface area contributed by atoms with Gasteiger partial charge in [-0.3, -0.25) is 14.9 Å². The number of hydroxylamine groups is 1. The molecule has 0 saturated carbocycles. The molecule has 0 radical (unpaired) electrons. The van der Waals surface area contributed by atoms with Crippen molar-refractivity contribution in [3.8, 4) is 16.9 Å². The van der Waals surface area contributed by atoms with E-state index in [0.717, 1.165) is 46.4 Å². The summed E-state index contributed by atoms with van der Waals surface area (Å²) in [6.45, 7) is 3.77. The SMILES string of the molecule is O=C(NO)C1Cc2ccoc2CN1S(=O)(=O)c1ccc(-c2ccc(OCCN3CCCC3)cc2)cc1. The molecule has 1 fully saturated rings. The summed E-state index contributed by atoms with van der Waals surface area (Å²) in [5.41, 5.74) is 4.12. The first-order valence-electron chi connectivity index (χ1n) is 12.0. The zero-order valence-electron chi connectivity index (χ0n) is 19.8. The van der Waals surface area contributed by atoms with Gasteiger partial charge < -0.3 is 9.15 Å². The highest BCUT2D eigenvalue weighted by Crippen LogP contribution is 2.31. The van der Waals surface area contributed by atoms with Crippen LogP contribution in [0.5, 0.6) is 5.75 Å². The standard InChI is InChI=1S/C26H29N3O6S/c30-26(27-31)24-17-21-11-15-35-25(21)18-29(24)36(32,33)23-9-5-20(6-10-23)19-3-7-22(8-4-19)34-16-14-28-12-1-2-13-28/h3-11,15,24,31H,1-2,12-14,16-18H2,(H,27,30). The van der Waals surface area contributed by atoms with Gasteiger partial charge in [0, 0.05) is 13.0 Å². The Morgan fingerprint density at radius 1 is 1.03 bits per heavy atom. The first-order valence-corrected chi connectivity index (χ1v) is 13.5. The molecule has 1 unspecified atom stereocenters. The summed E-state index contributed by atoms with van der Waals surface area (Å²) < 4.78 is 39.2. The predicted molar refractivity (Wildman–Crippen MR) is 132 cm³/mol. The Morgan fingerprint density at radius 2 is 1.69 bits per heavy atom. The highest BCUT2D eigenvalue weighted by Gasteiger charge is 2.40. The fourth-order valence-electron chi connectivity index (χ4n) is 4.80. The number of likely N-dealkylation sites (tertiary alicyclic amines) is 1. The molecular weight excluding hydrogens is 482 g/mol. The third-order valence-electron chi connectivity index (χ3n) is 6.83. The Labute approximate surface area is 210 Å². The number of benzene rings is 2. The van der Waals surface area contributed by atoms with Crippen molar-refractivity contribution < 1.29 is 27.6 Å². The lowest BCUT2D eigenvalue weighted by molar-refractivity contribution is -0.133. The van der Waals surface area contributed by atoms with Crippen LogP contribution in [0.4, 0.5) is 0 Å². The summed E-state index contributed by atoms with van der Waals surface area (Å²) in [5.74, 6) is 0.498. The van der Waals surface area contributed by atoms with Crippen LogP contribution >= 0.6 is 0 Å². The van der Waals surface area contributed by atoms with Crippen LogP contribution in [-0.2, 0) is 27.8 Å². The lowest BCUT2D eigenvalue weighted by Gasteiger charge is -2.32. The van der Waals surface area contributed by atoms with Gasteiger partial charge in [-0.25, -0.2) is 13.9 Å². The van der Waals surface area contributed by atoms with E-state index in [0.29, 0.717) is 12.4 Å². The van der Waals surface area contributed by atoms with Gasteiger partial charge in [0.05, 0.1) is 17.7 Å². The largest absolute Gasteiger partial charge is 0.492 e. The van der Waals surface area contributed by atoms with Gasteiger partial charge in [0.2, 0.25) is 10.0 Å². The van der Waals surface area contributed by atoms with Gasteiger partial charge in [-0.15, -0.1) is 0 Å². The molecule has 1 atom stereocenters. The van der Waals surface area contributed by atoms with Gasteiger partial charge >= 0.3 is 0 Å². The third kappa shape index (κ3) is 5.03. The lowest BCUT2D eigenvalue weighted by atomic mass is 10.0. The van der Waals surface area contributed by atoms with Crippen LogP contribution in [0.25, 0.3) is 11.1 Å². The maximum absolute atomic E-state index is 13.4. The summed E-state index contributed by atoms with van der Waals surface area (Å²) in [6.07, 6.45) is 4.10. The van der Waals surface area contributed by atoms with Crippen molar-refractivity contribution >= 4 is 15.9 Å². The fraction of sp³-hybridized carbons (Fsp3) is 0.346. The summed E-state index contributed by atoms with van der Waals surface area (Å²) in [5, 5.41) is 9.16. The van der Waals surface area contributed by atoms with Crippen LogP contribution in [-0.4, -0.2) is 61.0 Å². The number of ether oxygens (including phenoxy) is 1. The van der Waals surface area contributed by atoms with E-state index in [-0.39, 0.29) is 17.9 Å². The molecule has 1 aromatic heterocycles. The molecule has 0 bridgehead atoms. The van der Waals surface area contributed by atoms with E-state index in [1.165, 1.54) is 31.2 Å². The molecule has 1 saturated heterocycles. The molecule has 3 heterocycles. The first kappa shape index (κ1) is 24.5. The van der Waals surface area contributed by atoms with Crippen molar-refractivity contribution in [3.63, 3.8) is 0 Å². The van der Waals surface area contributed by atoms with E-state index in [1.54, 1.807) is 23.7 Å². The quantitative estimate of drug-likeness (QED) is 0.353. The van der Waals surface area contributed by atoms with Crippen molar-refractivity contribution in [1.82, 2.24) is 14.7 Å². The van der Waals surface area contributed by atoms with Gasteiger partial charge in [-0.2, -0.15) is 4.31 Å². The average Bonchev–Trinajstić information content (AvgIpc) is 3.60. The molecule has 10 heteroatoms. The van der Waals surface area contributed by atoms with Crippen LogP contribution in [0.15, 0.2) is 70.2 Å².